The minimum Gasteiger partial charge on any atom is -0.358 e. The molecule has 0 unspecified atom stereocenters. The van der Waals surface area contributed by atoms with Gasteiger partial charge in [0.2, 0.25) is 5.91 Å². The summed E-state index contributed by atoms with van der Waals surface area (Å²) < 4.78 is 1.11. The normalized spacial score (nSPS) is 17.6. The molecule has 0 atom stereocenters. The number of hydrogen-bond donors (Lipinski definition) is 1. The van der Waals surface area contributed by atoms with Crippen molar-refractivity contribution in [1.29, 1.82) is 0 Å². The van der Waals surface area contributed by atoms with Crippen LogP contribution in [-0.4, -0.2) is 66.6 Å². The largest absolute Gasteiger partial charge is 0.358 e. The van der Waals surface area contributed by atoms with Crippen molar-refractivity contribution in [1.82, 2.24) is 15.2 Å². The van der Waals surface area contributed by atoms with Gasteiger partial charge in [0.1, 0.15) is 6.54 Å². The minimum atomic E-state index is 0.109. The number of quaternary nitrogens is 1. The summed E-state index contributed by atoms with van der Waals surface area (Å²) in [7, 11) is 1.71. The molecule has 136 valence electrons. The molecule has 1 aliphatic rings. The van der Waals surface area contributed by atoms with Crippen LogP contribution >= 0.6 is 22.7 Å². The van der Waals surface area contributed by atoms with E-state index in [1.54, 1.807) is 18.4 Å². The lowest BCUT2D eigenvalue weighted by molar-refractivity contribution is -0.942. The third-order valence-corrected chi connectivity index (χ3v) is 6.99. The van der Waals surface area contributed by atoms with Gasteiger partial charge >= 0.3 is 0 Å². The molecule has 1 fully saturated rings. The topological polar surface area (TPSA) is 45.2 Å². The maximum atomic E-state index is 11.6. The Hall–Kier alpha value is -1.28. The average Bonchev–Trinajstić information content (AvgIpc) is 3.25. The van der Waals surface area contributed by atoms with Gasteiger partial charge in [0, 0.05) is 25.5 Å². The van der Waals surface area contributed by atoms with E-state index in [-0.39, 0.29) is 5.91 Å². The highest BCUT2D eigenvalue weighted by molar-refractivity contribution is 7.16. The molecule has 0 aliphatic carbocycles. The average molecular weight is 380 g/mol. The highest BCUT2D eigenvalue weighted by Gasteiger charge is 2.32. The van der Waals surface area contributed by atoms with Crippen LogP contribution in [-0.2, 0) is 11.3 Å². The second-order valence-corrected chi connectivity index (χ2v) is 8.96. The lowest BCUT2D eigenvalue weighted by Gasteiger charge is -2.44. The third kappa shape index (κ3) is 4.47. The molecular formula is C18H27N4OS2+. The van der Waals surface area contributed by atoms with Crippen molar-refractivity contribution in [3.05, 3.63) is 27.4 Å². The Kier molecular flexibility index (Phi) is 5.89. The molecule has 0 radical (unpaired) electrons. The van der Waals surface area contributed by atoms with Gasteiger partial charge in [-0.3, -0.25) is 9.69 Å². The summed E-state index contributed by atoms with van der Waals surface area (Å²) >= 11 is 3.58. The van der Waals surface area contributed by atoms with Crippen LogP contribution < -0.4 is 5.32 Å². The van der Waals surface area contributed by atoms with Gasteiger partial charge < -0.3 is 9.80 Å². The summed E-state index contributed by atoms with van der Waals surface area (Å²) in [4.78, 5) is 21.2. The molecule has 25 heavy (non-hydrogen) atoms. The van der Waals surface area contributed by atoms with Crippen LogP contribution in [0.1, 0.15) is 16.8 Å². The number of hydrogen-bond acceptors (Lipinski definition) is 5. The van der Waals surface area contributed by atoms with E-state index in [9.17, 15) is 4.79 Å². The number of piperazine rings is 1. The van der Waals surface area contributed by atoms with Crippen molar-refractivity contribution in [2.75, 3.05) is 46.3 Å². The maximum Gasteiger partial charge on any atom is 0.233 e. The van der Waals surface area contributed by atoms with E-state index in [1.807, 2.05) is 11.3 Å². The first-order valence-corrected chi connectivity index (χ1v) is 10.5. The summed E-state index contributed by atoms with van der Waals surface area (Å²) in [6.45, 7) is 11.3. The van der Waals surface area contributed by atoms with Crippen molar-refractivity contribution in [3.8, 4) is 10.6 Å². The fraction of sp³-hybridized carbons (Fsp3) is 0.556. The van der Waals surface area contributed by atoms with Crippen LogP contribution in [0.2, 0.25) is 0 Å². The predicted molar refractivity (Wildman–Crippen MR) is 105 cm³/mol. The number of nitrogens with one attached hydrogen (secondary N) is 1. The standard InChI is InChI=1S/C18H26N4OS2/c1-4-22(9-7-21(8-10-22)11-18(23)19-3)12-15-5-6-17(25-15)16-13-24-14(2)20-16/h5-6,13H,4,7-12H2,1-3H3/p+1. The number of carbonyl (C=O) groups is 1. The fourth-order valence-electron chi connectivity index (χ4n) is 3.36. The second kappa shape index (κ2) is 7.95. The summed E-state index contributed by atoms with van der Waals surface area (Å²) in [5.41, 5.74) is 1.11. The van der Waals surface area contributed by atoms with E-state index >= 15 is 0 Å². The Morgan fingerprint density at radius 1 is 1.36 bits per heavy atom. The predicted octanol–water partition coefficient (Wildman–Crippen LogP) is 2.58. The smallest absolute Gasteiger partial charge is 0.233 e. The van der Waals surface area contributed by atoms with E-state index < -0.39 is 0 Å². The zero-order valence-electron chi connectivity index (χ0n) is 15.2. The number of likely N-dealkylation sites (N-methyl/N-ethyl adjacent to an activating group) is 2. The Morgan fingerprint density at radius 3 is 2.72 bits per heavy atom. The van der Waals surface area contributed by atoms with E-state index in [0.717, 1.165) is 54.5 Å². The van der Waals surface area contributed by atoms with Gasteiger partial charge in [-0.15, -0.1) is 22.7 Å². The molecule has 0 aromatic carbocycles. The van der Waals surface area contributed by atoms with Crippen LogP contribution in [0.3, 0.4) is 0 Å². The van der Waals surface area contributed by atoms with Crippen molar-refractivity contribution in [2.24, 2.45) is 0 Å². The monoisotopic (exact) mass is 379 g/mol. The first kappa shape index (κ1) is 18.5. The van der Waals surface area contributed by atoms with Crippen molar-refractivity contribution in [3.63, 3.8) is 0 Å². The first-order valence-electron chi connectivity index (χ1n) is 8.83. The number of carbonyl (C=O) groups excluding carboxylic acids is 1. The third-order valence-electron chi connectivity index (χ3n) is 5.12. The zero-order valence-corrected chi connectivity index (χ0v) is 16.9. The number of aryl methyl sites for hydroxylation is 1. The van der Waals surface area contributed by atoms with Crippen LogP contribution in [0, 0.1) is 6.92 Å². The highest BCUT2D eigenvalue weighted by atomic mass is 32.1. The number of amides is 1. The van der Waals surface area contributed by atoms with Crippen molar-refractivity contribution < 1.29 is 9.28 Å². The molecule has 2 aromatic rings. The summed E-state index contributed by atoms with van der Waals surface area (Å²) in [5.74, 6) is 0.109. The van der Waals surface area contributed by atoms with Gasteiger partial charge in [-0.25, -0.2) is 4.98 Å². The highest BCUT2D eigenvalue weighted by Crippen LogP contribution is 2.31. The molecule has 1 saturated heterocycles. The van der Waals surface area contributed by atoms with Crippen LogP contribution in [0.5, 0.6) is 0 Å². The zero-order chi connectivity index (χ0) is 17.9. The fourth-order valence-corrected chi connectivity index (χ4v) is 5.15. The van der Waals surface area contributed by atoms with Gasteiger partial charge in [-0.1, -0.05) is 0 Å². The van der Waals surface area contributed by atoms with Gasteiger partial charge in [-0.2, -0.15) is 0 Å². The number of thiazole rings is 1. The molecule has 0 spiro atoms. The minimum absolute atomic E-state index is 0.109. The van der Waals surface area contributed by atoms with Gasteiger partial charge in [0.25, 0.3) is 0 Å². The molecule has 3 rings (SSSR count). The number of aromatic nitrogens is 1. The Bertz CT molecular complexity index is 716. The maximum absolute atomic E-state index is 11.6. The molecular weight excluding hydrogens is 352 g/mol. The quantitative estimate of drug-likeness (QED) is 0.785. The Balaban J connectivity index is 1.63. The first-order chi connectivity index (χ1) is 12.0. The van der Waals surface area contributed by atoms with Gasteiger partial charge in [0.05, 0.1) is 46.6 Å². The molecule has 0 saturated carbocycles. The lowest BCUT2D eigenvalue weighted by Crippen LogP contribution is -2.59. The van der Waals surface area contributed by atoms with E-state index in [2.05, 4.69) is 46.6 Å². The van der Waals surface area contributed by atoms with E-state index in [0.29, 0.717) is 6.54 Å². The SMILES string of the molecule is CC[N+]1(Cc2ccc(-c3csc(C)n3)s2)CCN(CC(=O)NC)CC1. The molecule has 5 nitrogen and oxygen atoms in total. The summed E-state index contributed by atoms with van der Waals surface area (Å²) in [5, 5.41) is 5.98. The van der Waals surface area contributed by atoms with Crippen molar-refractivity contribution >= 4 is 28.6 Å². The molecule has 1 amide bonds. The van der Waals surface area contributed by atoms with Crippen LogP contribution in [0.25, 0.3) is 10.6 Å². The van der Waals surface area contributed by atoms with Crippen molar-refractivity contribution in [2.45, 2.75) is 20.4 Å². The molecule has 7 heteroatoms. The van der Waals surface area contributed by atoms with Gasteiger partial charge in [-0.05, 0) is 26.0 Å². The molecule has 1 N–H and O–H groups in total. The Labute approximate surface area is 157 Å². The lowest BCUT2D eigenvalue weighted by atomic mass is 10.2. The van der Waals surface area contributed by atoms with Crippen LogP contribution in [0.15, 0.2) is 17.5 Å². The van der Waals surface area contributed by atoms with E-state index in [1.165, 1.54) is 9.75 Å². The second-order valence-electron chi connectivity index (χ2n) is 6.73. The molecule has 0 bridgehead atoms. The molecule has 3 heterocycles. The van der Waals surface area contributed by atoms with Gasteiger partial charge in [0.15, 0.2) is 0 Å². The summed E-state index contributed by atoms with van der Waals surface area (Å²) in [6.07, 6.45) is 0. The molecule has 2 aromatic heterocycles. The van der Waals surface area contributed by atoms with E-state index in [4.69, 9.17) is 0 Å². The van der Waals surface area contributed by atoms with Crippen LogP contribution in [0.4, 0.5) is 0 Å². The summed E-state index contributed by atoms with van der Waals surface area (Å²) in [6, 6.07) is 4.48. The molecule has 1 aliphatic heterocycles. The number of nitrogens with zero attached hydrogens (tertiary/aromatic N) is 3. The number of rotatable bonds is 6. The Morgan fingerprint density at radius 2 is 2.12 bits per heavy atom. The number of thiophene rings is 1.